The van der Waals surface area contributed by atoms with E-state index in [0.29, 0.717) is 17.3 Å². The van der Waals surface area contributed by atoms with E-state index in [4.69, 9.17) is 22.7 Å². The van der Waals surface area contributed by atoms with E-state index in [1.54, 1.807) is 15.7 Å². The molecule has 3 N–H and O–H groups in total. The van der Waals surface area contributed by atoms with Crippen LogP contribution in [0.5, 0.6) is 0 Å². The summed E-state index contributed by atoms with van der Waals surface area (Å²) in [7, 11) is 0. The van der Waals surface area contributed by atoms with Crippen LogP contribution in [-0.2, 0) is 17.8 Å². The fourth-order valence-electron chi connectivity index (χ4n) is 2.68. The molecule has 0 unspecified atom stereocenters. The Morgan fingerprint density at radius 3 is 3.10 bits per heavy atom. The smallest absolute Gasteiger partial charge is 0.209 e. The highest BCUT2D eigenvalue weighted by molar-refractivity contribution is 7.71. The minimum atomic E-state index is -0.174. The average molecular weight is 307 g/mol. The molecule has 1 aliphatic heterocycles. The van der Waals surface area contributed by atoms with Gasteiger partial charge in [-0.1, -0.05) is 0 Å². The zero-order valence-corrected chi connectivity index (χ0v) is 12.7. The Balaban J connectivity index is 2.16. The molecule has 20 heavy (non-hydrogen) atoms. The lowest BCUT2D eigenvalue weighted by molar-refractivity contribution is -0.0379. The van der Waals surface area contributed by atoms with Gasteiger partial charge in [0, 0.05) is 11.3 Å². The van der Waals surface area contributed by atoms with Gasteiger partial charge in [-0.05, 0) is 31.6 Å². The number of H-pyrrole nitrogens is 1. The first-order valence-corrected chi connectivity index (χ1v) is 7.49. The highest BCUT2D eigenvalue weighted by atomic mass is 32.1. The minimum absolute atomic E-state index is 0.174. The SMILES string of the molecule is CC1(C)Cc2c(sc3nc(N)n4c(=S)[nH]nc4c23)CO1. The fourth-order valence-corrected chi connectivity index (χ4v) is 4.01. The zero-order valence-electron chi connectivity index (χ0n) is 11.1. The van der Waals surface area contributed by atoms with E-state index in [2.05, 4.69) is 29.0 Å². The quantitative estimate of drug-likeness (QED) is 0.623. The van der Waals surface area contributed by atoms with Gasteiger partial charge in [0.25, 0.3) is 0 Å². The second-order valence-corrected chi connectivity index (χ2v) is 7.04. The molecule has 4 heterocycles. The third kappa shape index (κ3) is 1.55. The Hall–Kier alpha value is -1.51. The lowest BCUT2D eigenvalue weighted by atomic mass is 9.94. The van der Waals surface area contributed by atoms with Crippen LogP contribution in [0.3, 0.4) is 0 Å². The highest BCUT2D eigenvalue weighted by Gasteiger charge is 2.31. The van der Waals surface area contributed by atoms with E-state index in [1.807, 2.05) is 0 Å². The summed E-state index contributed by atoms with van der Waals surface area (Å²) >= 11 is 6.84. The van der Waals surface area contributed by atoms with Gasteiger partial charge in [0.05, 0.1) is 17.6 Å². The van der Waals surface area contributed by atoms with Gasteiger partial charge in [-0.3, -0.25) is 5.10 Å². The number of rotatable bonds is 0. The number of hydrogen-bond acceptors (Lipinski definition) is 6. The molecule has 6 nitrogen and oxygen atoms in total. The van der Waals surface area contributed by atoms with E-state index < -0.39 is 0 Å². The molecule has 3 aromatic heterocycles. The molecule has 0 bridgehead atoms. The van der Waals surface area contributed by atoms with Gasteiger partial charge < -0.3 is 10.5 Å². The summed E-state index contributed by atoms with van der Waals surface area (Å²) in [5, 5.41) is 8.17. The lowest BCUT2D eigenvalue weighted by Crippen LogP contribution is -2.31. The maximum atomic E-state index is 5.98. The third-order valence-electron chi connectivity index (χ3n) is 3.61. The summed E-state index contributed by atoms with van der Waals surface area (Å²) in [6.45, 7) is 4.80. The van der Waals surface area contributed by atoms with Crippen molar-refractivity contribution < 1.29 is 4.74 Å². The first-order chi connectivity index (χ1) is 9.46. The number of nitrogens with zero attached hydrogens (tertiary/aromatic N) is 3. The Morgan fingerprint density at radius 2 is 2.30 bits per heavy atom. The average Bonchev–Trinajstić information content (AvgIpc) is 2.89. The molecule has 0 amide bonds. The Bertz CT molecular complexity index is 904. The van der Waals surface area contributed by atoms with Gasteiger partial charge in [0.2, 0.25) is 10.7 Å². The Kier molecular flexibility index (Phi) is 2.31. The van der Waals surface area contributed by atoms with Crippen molar-refractivity contribution in [1.82, 2.24) is 19.6 Å². The van der Waals surface area contributed by atoms with Crippen LogP contribution in [0.2, 0.25) is 0 Å². The molecule has 0 fully saturated rings. The number of nitrogens with two attached hydrogens (primary N) is 1. The van der Waals surface area contributed by atoms with Gasteiger partial charge in [0.15, 0.2) is 5.65 Å². The predicted octanol–water partition coefficient (Wildman–Crippen LogP) is 2.44. The monoisotopic (exact) mass is 307 g/mol. The second-order valence-electron chi connectivity index (χ2n) is 5.57. The largest absolute Gasteiger partial charge is 0.370 e. The molecule has 0 atom stereocenters. The minimum Gasteiger partial charge on any atom is -0.370 e. The van der Waals surface area contributed by atoms with Crippen LogP contribution in [0.4, 0.5) is 5.95 Å². The summed E-state index contributed by atoms with van der Waals surface area (Å²) in [4.78, 5) is 6.57. The van der Waals surface area contributed by atoms with Gasteiger partial charge in [0.1, 0.15) is 4.83 Å². The Morgan fingerprint density at radius 1 is 1.50 bits per heavy atom. The number of nitrogen functional groups attached to an aromatic ring is 1. The molecule has 1 aliphatic rings. The number of aromatic nitrogens is 4. The first kappa shape index (κ1) is 12.2. The summed E-state index contributed by atoms with van der Waals surface area (Å²) < 4.78 is 8.02. The molecule has 0 aliphatic carbocycles. The summed E-state index contributed by atoms with van der Waals surface area (Å²) in [5.74, 6) is 0.366. The maximum absolute atomic E-state index is 5.98. The molecule has 4 rings (SSSR count). The van der Waals surface area contributed by atoms with Crippen molar-refractivity contribution in [3.05, 3.63) is 15.2 Å². The zero-order chi connectivity index (χ0) is 14.1. The van der Waals surface area contributed by atoms with Crippen LogP contribution in [0, 0.1) is 4.77 Å². The molecule has 3 aromatic rings. The van der Waals surface area contributed by atoms with Crippen LogP contribution in [-0.4, -0.2) is 25.2 Å². The molecule has 0 saturated carbocycles. The molecule has 8 heteroatoms. The second kappa shape index (κ2) is 3.78. The summed E-state index contributed by atoms with van der Waals surface area (Å²) in [6.07, 6.45) is 0.837. The van der Waals surface area contributed by atoms with Gasteiger partial charge in [-0.15, -0.1) is 11.3 Å². The normalized spacial score (nSPS) is 17.7. The molecule has 0 aromatic carbocycles. The topological polar surface area (TPSA) is 81.2 Å². The van der Waals surface area contributed by atoms with E-state index in [1.165, 1.54) is 10.4 Å². The molecular formula is C12H13N5OS2. The number of ether oxygens (including phenoxy) is 1. The Labute approximate surface area is 123 Å². The van der Waals surface area contributed by atoms with E-state index >= 15 is 0 Å². The van der Waals surface area contributed by atoms with Crippen molar-refractivity contribution in [2.24, 2.45) is 0 Å². The van der Waals surface area contributed by atoms with Crippen LogP contribution < -0.4 is 5.73 Å². The van der Waals surface area contributed by atoms with Crippen molar-refractivity contribution in [3.8, 4) is 0 Å². The van der Waals surface area contributed by atoms with Crippen LogP contribution in [0.1, 0.15) is 24.3 Å². The number of fused-ring (bicyclic) bond motifs is 5. The molecule has 104 valence electrons. The molecule has 0 saturated heterocycles. The number of hydrogen-bond donors (Lipinski definition) is 2. The van der Waals surface area contributed by atoms with Gasteiger partial charge in [-0.2, -0.15) is 5.10 Å². The standard InChI is InChI=1S/C12H13N5OS2/c1-12(2)3-5-6(4-18-12)20-9-7(5)8-15-16-11(19)17(8)10(13)14-9/h3-4H2,1-2H3,(H2,13,14)(H,16,19). The van der Waals surface area contributed by atoms with Crippen molar-refractivity contribution in [1.29, 1.82) is 0 Å². The van der Waals surface area contributed by atoms with Crippen LogP contribution in [0.15, 0.2) is 0 Å². The van der Waals surface area contributed by atoms with Crippen molar-refractivity contribution in [2.45, 2.75) is 32.5 Å². The molecule has 0 radical (unpaired) electrons. The van der Waals surface area contributed by atoms with Crippen LogP contribution in [0.25, 0.3) is 15.9 Å². The molecular weight excluding hydrogens is 294 g/mol. The van der Waals surface area contributed by atoms with Crippen LogP contribution >= 0.6 is 23.6 Å². The predicted molar refractivity (Wildman–Crippen MR) is 80.5 cm³/mol. The summed E-state index contributed by atoms with van der Waals surface area (Å²) in [5.41, 5.74) is 7.82. The van der Waals surface area contributed by atoms with E-state index in [0.717, 1.165) is 22.3 Å². The molecule has 0 spiro atoms. The maximum Gasteiger partial charge on any atom is 0.209 e. The number of thiophene rings is 1. The number of nitrogens with one attached hydrogen (secondary N) is 1. The van der Waals surface area contributed by atoms with Crippen molar-refractivity contribution in [2.75, 3.05) is 5.73 Å². The highest BCUT2D eigenvalue weighted by Crippen LogP contribution is 2.39. The number of aromatic amines is 1. The fraction of sp³-hybridized carbons (Fsp3) is 0.417. The van der Waals surface area contributed by atoms with E-state index in [-0.39, 0.29) is 5.60 Å². The lowest BCUT2D eigenvalue weighted by Gasteiger charge is -2.30. The van der Waals surface area contributed by atoms with Gasteiger partial charge in [-0.25, -0.2) is 9.38 Å². The first-order valence-electron chi connectivity index (χ1n) is 6.27. The number of anilines is 1. The third-order valence-corrected chi connectivity index (χ3v) is 4.98. The summed E-state index contributed by atoms with van der Waals surface area (Å²) in [6, 6.07) is 0. The van der Waals surface area contributed by atoms with Crippen molar-refractivity contribution in [3.63, 3.8) is 0 Å². The van der Waals surface area contributed by atoms with Gasteiger partial charge >= 0.3 is 0 Å². The van der Waals surface area contributed by atoms with Crippen molar-refractivity contribution >= 4 is 45.4 Å². The van der Waals surface area contributed by atoms with E-state index in [9.17, 15) is 0 Å².